The highest BCUT2D eigenvalue weighted by Crippen LogP contribution is 2.24. The molecule has 0 heterocycles. The minimum absolute atomic E-state index is 0.00630. The van der Waals surface area contributed by atoms with Crippen LogP contribution in [0.5, 0.6) is 0 Å². The molecule has 2 N–H and O–H groups in total. The van der Waals surface area contributed by atoms with Gasteiger partial charge in [0.15, 0.2) is 0 Å². The number of hydrogen-bond acceptors (Lipinski definition) is 4. The van der Waals surface area contributed by atoms with E-state index >= 15 is 0 Å². The second-order valence-corrected chi connectivity index (χ2v) is 9.05. The Balaban J connectivity index is 1.82. The third-order valence-electron chi connectivity index (χ3n) is 3.75. The molecule has 0 aliphatic rings. The molecule has 0 fully saturated rings. The summed E-state index contributed by atoms with van der Waals surface area (Å²) in [6, 6.07) is 10.4. The average Bonchev–Trinajstić information content (AvgIpc) is 2.64. The minimum Gasteiger partial charge on any atom is -0.336 e. The van der Waals surface area contributed by atoms with Gasteiger partial charge in [-0.3, -0.25) is 9.59 Å². The lowest BCUT2D eigenvalue weighted by Crippen LogP contribution is -2.37. The number of anilines is 1. The zero-order valence-electron chi connectivity index (χ0n) is 15.3. The van der Waals surface area contributed by atoms with Crippen molar-refractivity contribution in [3.8, 4) is 0 Å². The summed E-state index contributed by atoms with van der Waals surface area (Å²) in [6.07, 6.45) is -0.115. The zero-order valence-corrected chi connectivity index (χ0v) is 18.4. The van der Waals surface area contributed by atoms with Crippen molar-refractivity contribution in [3.05, 3.63) is 57.5 Å². The molecule has 2 aromatic rings. The highest BCUT2D eigenvalue weighted by atomic mass is 35.5. The predicted molar refractivity (Wildman–Crippen MR) is 114 cm³/mol. The maximum absolute atomic E-state index is 12.2. The first-order chi connectivity index (χ1) is 13.6. The van der Waals surface area contributed by atoms with Crippen LogP contribution in [0.2, 0.25) is 15.1 Å². The molecule has 29 heavy (non-hydrogen) atoms. The molecule has 2 rings (SSSR count). The number of benzene rings is 2. The molecular formula is C18H18Cl3N3O4S. The molecule has 0 saturated heterocycles. The Kier molecular flexibility index (Phi) is 8.30. The van der Waals surface area contributed by atoms with Crippen LogP contribution in [0.25, 0.3) is 0 Å². The van der Waals surface area contributed by atoms with E-state index in [1.807, 2.05) is 0 Å². The summed E-state index contributed by atoms with van der Waals surface area (Å²) in [5.74, 6) is -0.832. The smallest absolute Gasteiger partial charge is 0.243 e. The monoisotopic (exact) mass is 477 g/mol. The van der Waals surface area contributed by atoms with E-state index in [4.69, 9.17) is 34.8 Å². The highest BCUT2D eigenvalue weighted by Gasteiger charge is 2.17. The first-order valence-corrected chi connectivity index (χ1v) is 10.9. The second kappa shape index (κ2) is 10.3. The van der Waals surface area contributed by atoms with Crippen LogP contribution in [0.15, 0.2) is 47.4 Å². The number of carbonyl (C=O) groups is 2. The van der Waals surface area contributed by atoms with Crippen LogP contribution in [0.4, 0.5) is 5.69 Å². The maximum Gasteiger partial charge on any atom is 0.243 e. The quantitative estimate of drug-likeness (QED) is 0.608. The molecule has 156 valence electrons. The van der Waals surface area contributed by atoms with Crippen LogP contribution in [-0.4, -0.2) is 45.3 Å². The summed E-state index contributed by atoms with van der Waals surface area (Å²) in [4.78, 5) is 25.4. The lowest BCUT2D eigenvalue weighted by molar-refractivity contribution is -0.133. The van der Waals surface area contributed by atoms with Gasteiger partial charge < -0.3 is 10.2 Å². The number of amides is 2. The fourth-order valence-corrected chi connectivity index (χ4v) is 3.91. The zero-order chi connectivity index (χ0) is 21.6. The summed E-state index contributed by atoms with van der Waals surface area (Å²) in [5, 5.41) is 3.54. The molecule has 0 aliphatic heterocycles. The van der Waals surface area contributed by atoms with Gasteiger partial charge in [-0.2, -0.15) is 0 Å². The lowest BCUT2D eigenvalue weighted by Gasteiger charge is -2.17. The Labute approximate surface area is 184 Å². The third kappa shape index (κ3) is 7.17. The van der Waals surface area contributed by atoms with Crippen LogP contribution < -0.4 is 10.0 Å². The number of nitrogens with one attached hydrogen (secondary N) is 2. The van der Waals surface area contributed by atoms with E-state index in [0.29, 0.717) is 15.7 Å². The van der Waals surface area contributed by atoms with E-state index in [1.165, 1.54) is 36.2 Å². The van der Waals surface area contributed by atoms with E-state index in [-0.39, 0.29) is 29.4 Å². The van der Waals surface area contributed by atoms with Crippen molar-refractivity contribution < 1.29 is 18.0 Å². The van der Waals surface area contributed by atoms with Crippen LogP contribution in [0.3, 0.4) is 0 Å². The van der Waals surface area contributed by atoms with E-state index in [2.05, 4.69) is 10.0 Å². The van der Waals surface area contributed by atoms with Gasteiger partial charge in [-0.25, -0.2) is 13.1 Å². The molecule has 0 atom stereocenters. The molecule has 0 aliphatic carbocycles. The third-order valence-corrected chi connectivity index (χ3v) is 6.18. The van der Waals surface area contributed by atoms with Crippen molar-refractivity contribution >= 4 is 62.3 Å². The van der Waals surface area contributed by atoms with Gasteiger partial charge in [0.05, 0.1) is 21.5 Å². The molecule has 2 amide bonds. The number of hydrogen-bond donors (Lipinski definition) is 2. The largest absolute Gasteiger partial charge is 0.336 e. The number of sulfonamides is 1. The molecule has 7 nitrogen and oxygen atoms in total. The van der Waals surface area contributed by atoms with E-state index in [0.717, 1.165) is 0 Å². The molecule has 11 heteroatoms. The Hall–Kier alpha value is -1.84. The van der Waals surface area contributed by atoms with Gasteiger partial charge in [-0.05, 0) is 36.4 Å². The fourth-order valence-electron chi connectivity index (χ4n) is 2.28. The van der Waals surface area contributed by atoms with Gasteiger partial charge in [-0.15, -0.1) is 0 Å². The van der Waals surface area contributed by atoms with Gasteiger partial charge in [0, 0.05) is 30.7 Å². The Morgan fingerprint density at radius 3 is 2.41 bits per heavy atom. The fraction of sp³-hybridized carbons (Fsp3) is 0.222. The second-order valence-electron chi connectivity index (χ2n) is 6.03. The molecular weight excluding hydrogens is 461 g/mol. The van der Waals surface area contributed by atoms with E-state index in [9.17, 15) is 18.0 Å². The average molecular weight is 479 g/mol. The summed E-state index contributed by atoms with van der Waals surface area (Å²) in [5.41, 5.74) is 0.444. The van der Waals surface area contributed by atoms with Gasteiger partial charge >= 0.3 is 0 Å². The number of carbonyl (C=O) groups excluding carboxylic acids is 2. The highest BCUT2D eigenvalue weighted by molar-refractivity contribution is 7.89. The number of halogens is 3. The molecule has 0 unspecified atom stereocenters. The number of likely N-dealkylation sites (N-methyl/N-ethyl adjacent to an activating group) is 1. The topological polar surface area (TPSA) is 95.6 Å². The van der Waals surface area contributed by atoms with Crippen molar-refractivity contribution in [2.75, 3.05) is 25.5 Å². The van der Waals surface area contributed by atoms with Crippen molar-refractivity contribution in [1.82, 2.24) is 9.62 Å². The van der Waals surface area contributed by atoms with Gasteiger partial charge in [0.2, 0.25) is 21.8 Å². The Morgan fingerprint density at radius 1 is 1.03 bits per heavy atom. The molecule has 0 aromatic heterocycles. The summed E-state index contributed by atoms with van der Waals surface area (Å²) >= 11 is 17.5. The van der Waals surface area contributed by atoms with Crippen molar-refractivity contribution in [1.29, 1.82) is 0 Å². The molecule has 2 aromatic carbocycles. The summed E-state index contributed by atoms with van der Waals surface area (Å²) in [7, 11) is -2.34. The van der Waals surface area contributed by atoms with E-state index < -0.39 is 21.8 Å². The standard InChI is InChI=1S/C18H18Cl3N3O4S/c1-24(11-17(25)23-13-5-6-15(20)16(21)10-13)18(26)7-8-22-29(27,28)14-4-2-3-12(19)9-14/h2-6,9-10,22H,7-8,11H2,1H3,(H,23,25). The van der Waals surface area contributed by atoms with Crippen LogP contribution in [-0.2, 0) is 19.6 Å². The first kappa shape index (κ1) is 23.4. The molecule has 0 radical (unpaired) electrons. The molecule has 0 spiro atoms. The maximum atomic E-state index is 12.2. The van der Waals surface area contributed by atoms with Crippen LogP contribution >= 0.6 is 34.8 Å². The Morgan fingerprint density at radius 2 is 1.76 bits per heavy atom. The number of nitrogens with zero attached hydrogens (tertiary/aromatic N) is 1. The summed E-state index contributed by atoms with van der Waals surface area (Å²) in [6.45, 7) is -0.327. The van der Waals surface area contributed by atoms with Crippen molar-refractivity contribution in [3.63, 3.8) is 0 Å². The van der Waals surface area contributed by atoms with Crippen molar-refractivity contribution in [2.45, 2.75) is 11.3 Å². The van der Waals surface area contributed by atoms with Crippen LogP contribution in [0, 0.1) is 0 Å². The molecule has 0 bridgehead atoms. The minimum atomic E-state index is -3.78. The van der Waals surface area contributed by atoms with Gasteiger partial charge in [-0.1, -0.05) is 40.9 Å². The molecule has 0 saturated carbocycles. The Bertz CT molecular complexity index is 1020. The van der Waals surface area contributed by atoms with Gasteiger partial charge in [0.25, 0.3) is 0 Å². The normalized spacial score (nSPS) is 11.2. The van der Waals surface area contributed by atoms with Crippen LogP contribution in [0.1, 0.15) is 6.42 Å². The first-order valence-electron chi connectivity index (χ1n) is 8.32. The predicted octanol–water partition coefficient (Wildman–Crippen LogP) is 3.41. The van der Waals surface area contributed by atoms with E-state index in [1.54, 1.807) is 18.2 Å². The number of rotatable bonds is 8. The van der Waals surface area contributed by atoms with Gasteiger partial charge in [0.1, 0.15) is 0 Å². The summed E-state index contributed by atoms with van der Waals surface area (Å²) < 4.78 is 26.7. The lowest BCUT2D eigenvalue weighted by atomic mass is 10.3. The SMILES string of the molecule is CN(CC(=O)Nc1ccc(Cl)c(Cl)c1)C(=O)CCNS(=O)(=O)c1cccc(Cl)c1. The van der Waals surface area contributed by atoms with Crippen molar-refractivity contribution in [2.24, 2.45) is 0 Å².